The zero-order valence-electron chi connectivity index (χ0n) is 15.2. The predicted molar refractivity (Wildman–Crippen MR) is 108 cm³/mol. The molecule has 0 saturated carbocycles. The molecule has 4 N–H and O–H groups in total. The Bertz CT molecular complexity index is 906. The number of benzene rings is 1. The number of ether oxygens (including phenoxy) is 1. The van der Waals surface area contributed by atoms with Crippen LogP contribution in [-0.4, -0.2) is 80.5 Å². The number of hydrogen-bond acceptors (Lipinski definition) is 11. The molecule has 5 atom stereocenters. The van der Waals surface area contributed by atoms with E-state index in [0.29, 0.717) is 11.5 Å². The molecule has 29 heavy (non-hydrogen) atoms. The minimum Gasteiger partial charge on any atom is -0.387 e. The molecular formula is C17H20N6O5S. The predicted octanol–water partition coefficient (Wildman–Crippen LogP) is -0.677. The number of nitrogens with two attached hydrogens (primary N) is 1. The van der Waals surface area contributed by atoms with E-state index in [0.717, 1.165) is 5.56 Å². The van der Waals surface area contributed by atoms with Crippen molar-refractivity contribution in [2.24, 2.45) is 20.7 Å². The van der Waals surface area contributed by atoms with Gasteiger partial charge in [-0.05, 0) is 5.56 Å². The summed E-state index contributed by atoms with van der Waals surface area (Å²) in [6, 6.07) is 6.06. The van der Waals surface area contributed by atoms with Crippen LogP contribution in [0.15, 0.2) is 39.2 Å². The zero-order valence-corrected chi connectivity index (χ0v) is 16.1. The maximum Gasteiger partial charge on any atom is 0.269 e. The van der Waals surface area contributed by atoms with Crippen LogP contribution >= 0.6 is 12.6 Å². The third-order valence-corrected chi connectivity index (χ3v) is 5.55. The highest BCUT2D eigenvalue weighted by Gasteiger charge is 2.50. The Kier molecular flexibility index (Phi) is 5.12. The smallest absolute Gasteiger partial charge is 0.269 e. The second-order valence-electron chi connectivity index (χ2n) is 7.07. The number of fused-ring (bicyclic) bond motifs is 1. The first-order valence-corrected chi connectivity index (χ1v) is 9.55. The minimum atomic E-state index is -1.22. The summed E-state index contributed by atoms with van der Waals surface area (Å²) in [5.74, 6) is 0.672. The number of amidine groups is 1. The summed E-state index contributed by atoms with van der Waals surface area (Å²) in [7, 11) is 0. The summed E-state index contributed by atoms with van der Waals surface area (Å²) >= 11 is 4.14. The van der Waals surface area contributed by atoms with Crippen LogP contribution in [0, 0.1) is 10.1 Å². The van der Waals surface area contributed by atoms with E-state index in [9.17, 15) is 20.3 Å². The number of nitro benzene ring substituents is 1. The number of hydrogen-bond donors (Lipinski definition) is 4. The van der Waals surface area contributed by atoms with Gasteiger partial charge < -0.3 is 25.6 Å². The Morgan fingerprint density at radius 1 is 1.34 bits per heavy atom. The van der Waals surface area contributed by atoms with Gasteiger partial charge in [-0.3, -0.25) is 15.1 Å². The fourth-order valence-electron chi connectivity index (χ4n) is 3.65. The van der Waals surface area contributed by atoms with Gasteiger partial charge in [-0.2, -0.15) is 12.6 Å². The molecule has 0 aliphatic carbocycles. The lowest BCUT2D eigenvalue weighted by atomic mass is 9.94. The van der Waals surface area contributed by atoms with Gasteiger partial charge in [-0.25, -0.2) is 9.98 Å². The minimum absolute atomic E-state index is 0.0109. The molecule has 0 amide bonds. The van der Waals surface area contributed by atoms with Gasteiger partial charge in [0.05, 0.1) is 11.0 Å². The Hall–Kier alpha value is -2.38. The van der Waals surface area contributed by atoms with E-state index in [1.54, 1.807) is 17.0 Å². The molecule has 12 heteroatoms. The van der Waals surface area contributed by atoms with Crippen LogP contribution in [0.2, 0.25) is 0 Å². The van der Waals surface area contributed by atoms with Gasteiger partial charge in [-0.15, -0.1) is 0 Å². The van der Waals surface area contributed by atoms with E-state index in [1.807, 2.05) is 0 Å². The molecular weight excluding hydrogens is 400 g/mol. The molecule has 3 aliphatic rings. The molecule has 3 heterocycles. The van der Waals surface area contributed by atoms with Crippen LogP contribution in [0.5, 0.6) is 0 Å². The highest BCUT2D eigenvalue weighted by Crippen LogP contribution is 2.30. The number of nitrogens with zero attached hydrogens (tertiary/aromatic N) is 5. The lowest BCUT2D eigenvalue weighted by molar-refractivity contribution is -0.384. The van der Waals surface area contributed by atoms with Crippen molar-refractivity contribution in [3.63, 3.8) is 0 Å². The average Bonchev–Trinajstić information content (AvgIpc) is 3.25. The maximum absolute atomic E-state index is 10.8. The first kappa shape index (κ1) is 19.9. The van der Waals surface area contributed by atoms with Crippen LogP contribution in [0.1, 0.15) is 5.56 Å². The van der Waals surface area contributed by atoms with Gasteiger partial charge in [0.2, 0.25) is 0 Å². The fraction of sp³-hybridized carbons (Fsp3) is 0.471. The van der Waals surface area contributed by atoms with Crippen molar-refractivity contribution in [1.82, 2.24) is 4.90 Å². The topological polar surface area (TPSA) is 159 Å². The van der Waals surface area contributed by atoms with Crippen LogP contribution in [0.3, 0.4) is 0 Å². The van der Waals surface area contributed by atoms with E-state index in [1.165, 1.54) is 18.5 Å². The van der Waals surface area contributed by atoms with Crippen molar-refractivity contribution in [2.75, 3.05) is 12.4 Å². The van der Waals surface area contributed by atoms with Gasteiger partial charge in [-0.1, -0.05) is 12.1 Å². The summed E-state index contributed by atoms with van der Waals surface area (Å²) in [5, 5.41) is 31.3. The molecule has 1 unspecified atom stereocenters. The van der Waals surface area contributed by atoms with Gasteiger partial charge in [0.25, 0.3) is 5.69 Å². The molecule has 0 spiro atoms. The van der Waals surface area contributed by atoms with Crippen molar-refractivity contribution in [3.8, 4) is 0 Å². The molecule has 4 rings (SSSR count). The normalized spacial score (nSPS) is 33.4. The maximum atomic E-state index is 10.8. The second kappa shape index (κ2) is 7.46. The molecule has 1 saturated heterocycles. The largest absolute Gasteiger partial charge is 0.387 e. The Labute approximate surface area is 171 Å². The molecule has 1 fully saturated rings. The fourth-order valence-corrected chi connectivity index (χ4v) is 3.95. The van der Waals surface area contributed by atoms with E-state index >= 15 is 0 Å². The van der Waals surface area contributed by atoms with Crippen molar-refractivity contribution in [1.29, 1.82) is 0 Å². The number of aliphatic imine (C=N–C) groups is 3. The number of rotatable bonds is 5. The molecule has 0 radical (unpaired) electrons. The van der Waals surface area contributed by atoms with E-state index < -0.39 is 35.1 Å². The SMILES string of the molecule is NC1(Cc2ccc([N+](=O)[O-])cc2)N=CN=C2C1=NCN2[C@@H]1O[C@H](CS)[C@@H](O)[C@H]1O. The number of aliphatic hydroxyl groups excluding tert-OH is 2. The molecule has 154 valence electrons. The van der Waals surface area contributed by atoms with Crippen LogP contribution in [0.4, 0.5) is 5.69 Å². The lowest BCUT2D eigenvalue weighted by Gasteiger charge is -2.32. The van der Waals surface area contributed by atoms with Crippen molar-refractivity contribution < 1.29 is 19.9 Å². The van der Waals surface area contributed by atoms with Gasteiger partial charge in [0.1, 0.15) is 30.9 Å². The Morgan fingerprint density at radius 3 is 2.69 bits per heavy atom. The first-order valence-electron chi connectivity index (χ1n) is 8.92. The van der Waals surface area contributed by atoms with E-state index in [-0.39, 0.29) is 24.5 Å². The highest BCUT2D eigenvalue weighted by atomic mass is 32.1. The van der Waals surface area contributed by atoms with Crippen LogP contribution in [-0.2, 0) is 11.2 Å². The first-order chi connectivity index (χ1) is 13.8. The second-order valence-corrected chi connectivity index (χ2v) is 7.43. The molecule has 3 aliphatic heterocycles. The Morgan fingerprint density at radius 2 is 2.07 bits per heavy atom. The Balaban J connectivity index is 1.54. The molecule has 0 aromatic heterocycles. The summed E-state index contributed by atoms with van der Waals surface area (Å²) in [4.78, 5) is 25.0. The summed E-state index contributed by atoms with van der Waals surface area (Å²) in [6.45, 7) is 0.143. The number of nitro groups is 1. The molecule has 1 aromatic carbocycles. The summed E-state index contributed by atoms with van der Waals surface area (Å²) in [5.41, 5.74) is 6.47. The number of thiol groups is 1. The van der Waals surface area contributed by atoms with Gasteiger partial charge in [0.15, 0.2) is 17.7 Å². The van der Waals surface area contributed by atoms with Crippen molar-refractivity contribution in [3.05, 3.63) is 39.9 Å². The number of aliphatic hydroxyl groups is 2. The lowest BCUT2D eigenvalue weighted by Crippen LogP contribution is -2.56. The highest BCUT2D eigenvalue weighted by molar-refractivity contribution is 7.80. The van der Waals surface area contributed by atoms with Crippen LogP contribution < -0.4 is 5.73 Å². The monoisotopic (exact) mass is 420 g/mol. The molecule has 0 bridgehead atoms. The summed E-state index contributed by atoms with van der Waals surface area (Å²) < 4.78 is 5.74. The summed E-state index contributed by atoms with van der Waals surface area (Å²) in [6.07, 6.45) is -2.08. The van der Waals surface area contributed by atoms with Crippen LogP contribution in [0.25, 0.3) is 0 Å². The van der Waals surface area contributed by atoms with Crippen molar-refractivity contribution >= 4 is 36.2 Å². The third-order valence-electron chi connectivity index (χ3n) is 5.19. The molecule has 11 nitrogen and oxygen atoms in total. The standard InChI is InChI=1S/C17H20N6O5S/c18-17(5-9-1-3-10(4-2-9)23(26)27)14-15(19-7-21-17)22(8-20-14)16-13(25)12(24)11(6-29)28-16/h1-4,7,11-13,16,24-25,29H,5-6,8,18H2/t11-,12-,13-,16-,17?/m1/s1. The average molecular weight is 420 g/mol. The zero-order chi connectivity index (χ0) is 20.8. The van der Waals surface area contributed by atoms with Gasteiger partial charge in [0, 0.05) is 24.3 Å². The number of non-ortho nitro benzene ring substituents is 1. The third kappa shape index (κ3) is 3.42. The molecule has 1 aromatic rings. The van der Waals surface area contributed by atoms with E-state index in [2.05, 4.69) is 27.6 Å². The van der Waals surface area contributed by atoms with Gasteiger partial charge >= 0.3 is 0 Å². The van der Waals surface area contributed by atoms with E-state index in [4.69, 9.17) is 10.5 Å². The van der Waals surface area contributed by atoms with Crippen molar-refractivity contribution in [2.45, 2.75) is 36.6 Å². The quantitative estimate of drug-likeness (QED) is 0.279.